The molecule has 1 amide bonds. The Bertz CT molecular complexity index is 514. The normalized spacial score (nSPS) is 19.2. The van der Waals surface area contributed by atoms with Gasteiger partial charge in [0.1, 0.15) is 0 Å². The molecule has 0 bridgehead atoms. The van der Waals surface area contributed by atoms with Crippen LogP contribution >= 0.6 is 11.6 Å². The molecule has 4 heteroatoms. The topological polar surface area (TPSA) is 41.1 Å². The molecular formula is C13H13ClN2O. The molecule has 1 aromatic rings. The number of piperidine rings is 1. The van der Waals surface area contributed by atoms with E-state index in [1.165, 1.54) is 5.57 Å². The molecule has 0 spiro atoms. The summed E-state index contributed by atoms with van der Waals surface area (Å²) in [6, 6.07) is 5.59. The van der Waals surface area contributed by atoms with Gasteiger partial charge in [0.15, 0.2) is 0 Å². The van der Waals surface area contributed by atoms with E-state index in [-0.39, 0.29) is 5.91 Å². The Hall–Kier alpha value is -1.32. The highest BCUT2D eigenvalue weighted by Crippen LogP contribution is 2.40. The predicted octanol–water partition coefficient (Wildman–Crippen LogP) is 2.43. The number of nitrogens with one attached hydrogen (secondary N) is 2. The third kappa shape index (κ3) is 1.75. The fraction of sp³-hybridized carbons (Fsp3) is 0.308. The minimum Gasteiger partial charge on any atom is -0.321 e. The lowest BCUT2D eigenvalue weighted by Crippen LogP contribution is -2.24. The van der Waals surface area contributed by atoms with Gasteiger partial charge in [0, 0.05) is 11.1 Å². The molecule has 0 atom stereocenters. The fourth-order valence-electron chi connectivity index (χ4n) is 2.50. The summed E-state index contributed by atoms with van der Waals surface area (Å²) < 4.78 is 0. The van der Waals surface area contributed by atoms with E-state index < -0.39 is 0 Å². The number of hydrogen-bond acceptors (Lipinski definition) is 2. The number of carbonyl (C=O) groups is 1. The fourth-order valence-corrected chi connectivity index (χ4v) is 2.77. The first-order valence-corrected chi connectivity index (χ1v) is 6.18. The largest absolute Gasteiger partial charge is 0.321 e. The van der Waals surface area contributed by atoms with Crippen molar-refractivity contribution in [3.63, 3.8) is 0 Å². The summed E-state index contributed by atoms with van der Waals surface area (Å²) in [6.45, 7) is 1.87. The van der Waals surface area contributed by atoms with Crippen molar-refractivity contribution in [2.24, 2.45) is 0 Å². The van der Waals surface area contributed by atoms with Crippen LogP contribution in [0.1, 0.15) is 18.4 Å². The molecule has 0 aliphatic carbocycles. The van der Waals surface area contributed by atoms with Gasteiger partial charge in [-0.25, -0.2) is 0 Å². The summed E-state index contributed by atoms with van der Waals surface area (Å²) in [6.07, 6.45) is 1.85. The van der Waals surface area contributed by atoms with Gasteiger partial charge in [-0.1, -0.05) is 23.2 Å². The quantitative estimate of drug-likeness (QED) is 0.693. The Morgan fingerprint density at radius 3 is 2.71 bits per heavy atom. The van der Waals surface area contributed by atoms with Crippen LogP contribution in [0.5, 0.6) is 0 Å². The van der Waals surface area contributed by atoms with Crippen molar-refractivity contribution in [3.8, 4) is 0 Å². The monoisotopic (exact) mass is 248 g/mol. The number of carbonyl (C=O) groups excluding carboxylic acids is 1. The van der Waals surface area contributed by atoms with Crippen LogP contribution in [0.2, 0.25) is 5.02 Å². The molecule has 0 unspecified atom stereocenters. The molecule has 3 rings (SSSR count). The minimum absolute atomic E-state index is 0.00926. The number of hydrogen-bond donors (Lipinski definition) is 2. The second-order valence-corrected chi connectivity index (χ2v) is 4.75. The summed E-state index contributed by atoms with van der Waals surface area (Å²) >= 11 is 6.21. The highest BCUT2D eigenvalue weighted by Gasteiger charge is 2.29. The van der Waals surface area contributed by atoms with Crippen molar-refractivity contribution in [1.29, 1.82) is 0 Å². The highest BCUT2D eigenvalue weighted by molar-refractivity contribution is 6.40. The van der Waals surface area contributed by atoms with E-state index in [9.17, 15) is 4.79 Å². The zero-order valence-corrected chi connectivity index (χ0v) is 10.1. The second-order valence-electron chi connectivity index (χ2n) is 4.35. The van der Waals surface area contributed by atoms with E-state index >= 15 is 0 Å². The number of fused-ring (bicyclic) bond motifs is 1. The average Bonchev–Trinajstić information content (AvgIpc) is 2.68. The molecule has 2 heterocycles. The molecule has 2 aliphatic heterocycles. The van der Waals surface area contributed by atoms with Crippen LogP contribution in [-0.2, 0) is 4.79 Å². The van der Waals surface area contributed by atoms with E-state index in [1.54, 1.807) is 0 Å². The Kier molecular flexibility index (Phi) is 2.65. The number of halogens is 1. The zero-order chi connectivity index (χ0) is 11.8. The van der Waals surface area contributed by atoms with Crippen molar-refractivity contribution < 1.29 is 4.79 Å². The van der Waals surface area contributed by atoms with Crippen LogP contribution in [0.15, 0.2) is 23.8 Å². The van der Waals surface area contributed by atoms with Crippen LogP contribution in [0, 0.1) is 0 Å². The Balaban J connectivity index is 2.16. The van der Waals surface area contributed by atoms with Crippen LogP contribution in [0.4, 0.5) is 5.69 Å². The van der Waals surface area contributed by atoms with Gasteiger partial charge in [0.2, 0.25) is 0 Å². The lowest BCUT2D eigenvalue weighted by atomic mass is 9.94. The highest BCUT2D eigenvalue weighted by atomic mass is 35.5. The maximum absolute atomic E-state index is 12.0. The molecule has 0 radical (unpaired) electrons. The van der Waals surface area contributed by atoms with E-state index in [1.807, 2.05) is 18.2 Å². The predicted molar refractivity (Wildman–Crippen MR) is 69.1 cm³/mol. The standard InChI is InChI=1S/C13H13ClN2O/c14-9-2-1-3-10-12(9)11(13(17)16-10)8-4-6-15-7-5-8/h1-3,15H,4-7H2,(H,16,17). The van der Waals surface area contributed by atoms with Crippen molar-refractivity contribution in [1.82, 2.24) is 5.32 Å². The molecule has 1 fully saturated rings. The molecule has 2 aliphatic rings. The Labute approximate surface area is 105 Å². The van der Waals surface area contributed by atoms with Gasteiger partial charge in [-0.3, -0.25) is 4.79 Å². The number of benzene rings is 1. The van der Waals surface area contributed by atoms with E-state index in [0.717, 1.165) is 42.8 Å². The van der Waals surface area contributed by atoms with Gasteiger partial charge < -0.3 is 10.6 Å². The Morgan fingerprint density at radius 2 is 1.94 bits per heavy atom. The summed E-state index contributed by atoms with van der Waals surface area (Å²) in [7, 11) is 0. The summed E-state index contributed by atoms with van der Waals surface area (Å²) in [5.74, 6) is -0.00926. The van der Waals surface area contributed by atoms with Crippen LogP contribution in [-0.4, -0.2) is 19.0 Å². The molecule has 88 valence electrons. The lowest BCUT2D eigenvalue weighted by molar-refractivity contribution is -0.110. The van der Waals surface area contributed by atoms with E-state index in [0.29, 0.717) is 5.02 Å². The third-order valence-corrected chi connectivity index (χ3v) is 3.61. The minimum atomic E-state index is -0.00926. The third-order valence-electron chi connectivity index (χ3n) is 3.30. The number of anilines is 1. The van der Waals surface area contributed by atoms with Crippen LogP contribution in [0.3, 0.4) is 0 Å². The molecule has 2 N–H and O–H groups in total. The summed E-state index contributed by atoms with van der Waals surface area (Å²) in [5.41, 5.74) is 3.74. The van der Waals surface area contributed by atoms with Gasteiger partial charge >= 0.3 is 0 Å². The maximum atomic E-state index is 12.0. The van der Waals surface area contributed by atoms with Crippen molar-refractivity contribution in [2.75, 3.05) is 18.4 Å². The Morgan fingerprint density at radius 1 is 1.18 bits per heavy atom. The number of rotatable bonds is 0. The van der Waals surface area contributed by atoms with Gasteiger partial charge in [-0.15, -0.1) is 0 Å². The van der Waals surface area contributed by atoms with E-state index in [4.69, 9.17) is 11.6 Å². The van der Waals surface area contributed by atoms with Gasteiger partial charge in [0.05, 0.1) is 10.7 Å². The van der Waals surface area contributed by atoms with Gasteiger partial charge in [-0.2, -0.15) is 0 Å². The molecule has 3 nitrogen and oxygen atoms in total. The molecule has 1 aromatic carbocycles. The smallest absolute Gasteiger partial charge is 0.256 e. The van der Waals surface area contributed by atoms with Crippen molar-refractivity contribution >= 4 is 28.8 Å². The zero-order valence-electron chi connectivity index (χ0n) is 9.35. The first-order chi connectivity index (χ1) is 8.27. The first kappa shape index (κ1) is 10.8. The summed E-state index contributed by atoms with van der Waals surface area (Å²) in [4.78, 5) is 12.0. The summed E-state index contributed by atoms with van der Waals surface area (Å²) in [5, 5.41) is 6.83. The molecule has 0 saturated carbocycles. The maximum Gasteiger partial charge on any atom is 0.256 e. The second kappa shape index (κ2) is 4.17. The van der Waals surface area contributed by atoms with Crippen LogP contribution < -0.4 is 10.6 Å². The van der Waals surface area contributed by atoms with Crippen molar-refractivity contribution in [2.45, 2.75) is 12.8 Å². The first-order valence-electron chi connectivity index (χ1n) is 5.80. The lowest BCUT2D eigenvalue weighted by Gasteiger charge is -2.17. The van der Waals surface area contributed by atoms with Crippen LogP contribution in [0.25, 0.3) is 5.57 Å². The average molecular weight is 249 g/mol. The number of amides is 1. The van der Waals surface area contributed by atoms with Gasteiger partial charge in [0.25, 0.3) is 5.91 Å². The van der Waals surface area contributed by atoms with E-state index in [2.05, 4.69) is 10.6 Å². The van der Waals surface area contributed by atoms with Gasteiger partial charge in [-0.05, 0) is 38.1 Å². The molecule has 0 aromatic heterocycles. The molecular weight excluding hydrogens is 236 g/mol. The molecule has 17 heavy (non-hydrogen) atoms. The van der Waals surface area contributed by atoms with Crippen molar-refractivity contribution in [3.05, 3.63) is 34.4 Å². The molecule has 1 saturated heterocycles. The SMILES string of the molecule is O=C1Nc2cccc(Cl)c2C1=C1CCNCC1.